The van der Waals surface area contributed by atoms with Crippen molar-refractivity contribution in [3.8, 4) is 6.07 Å². The zero-order chi connectivity index (χ0) is 16.2. The van der Waals surface area contributed by atoms with Crippen LogP contribution in [-0.2, 0) is 17.6 Å². The normalized spacial score (nSPS) is 14.3. The van der Waals surface area contributed by atoms with E-state index < -0.39 is 0 Å². The first-order valence-electron chi connectivity index (χ1n) is 7.77. The molecule has 4 nitrogen and oxygen atoms in total. The van der Waals surface area contributed by atoms with Crippen LogP contribution in [0.5, 0.6) is 0 Å². The van der Waals surface area contributed by atoms with Gasteiger partial charge >= 0.3 is 0 Å². The lowest BCUT2D eigenvalue weighted by atomic mass is 10.1. The molecule has 0 saturated heterocycles. The Labute approximate surface area is 139 Å². The Balaban J connectivity index is 1.76. The van der Waals surface area contributed by atoms with E-state index >= 15 is 0 Å². The van der Waals surface area contributed by atoms with Crippen LogP contribution in [0.2, 0.25) is 0 Å². The fraction of sp³-hybridized carbons (Fsp3) is 0.333. The lowest BCUT2D eigenvalue weighted by Gasteiger charge is -2.00. The molecule has 1 N–H and O–H groups in total. The van der Waals surface area contributed by atoms with Crippen molar-refractivity contribution in [3.05, 3.63) is 45.7 Å². The van der Waals surface area contributed by atoms with Crippen LogP contribution >= 0.6 is 11.3 Å². The number of anilines is 1. The fourth-order valence-electron chi connectivity index (χ4n) is 2.80. The Morgan fingerprint density at radius 1 is 1.35 bits per heavy atom. The summed E-state index contributed by atoms with van der Waals surface area (Å²) in [6.45, 7) is 1.86. The molecule has 5 heteroatoms. The molecule has 2 aromatic heterocycles. The zero-order valence-corrected chi connectivity index (χ0v) is 13.8. The molecule has 3 rings (SSSR count). The number of aryl methyl sites for hydroxylation is 2. The predicted octanol–water partition coefficient (Wildman–Crippen LogP) is 4.44. The van der Waals surface area contributed by atoms with Gasteiger partial charge in [-0.3, -0.25) is 4.79 Å². The minimum Gasteiger partial charge on any atom is -0.462 e. The van der Waals surface area contributed by atoms with Crippen molar-refractivity contribution in [1.82, 2.24) is 0 Å². The first-order chi connectivity index (χ1) is 11.2. The Morgan fingerprint density at radius 3 is 2.91 bits per heavy atom. The Kier molecular flexibility index (Phi) is 4.63. The van der Waals surface area contributed by atoms with E-state index in [9.17, 15) is 10.1 Å². The summed E-state index contributed by atoms with van der Waals surface area (Å²) in [6, 6.07) is 5.93. The van der Waals surface area contributed by atoms with Crippen LogP contribution < -0.4 is 5.32 Å². The number of nitrogens with zero attached hydrogens (tertiary/aromatic N) is 1. The van der Waals surface area contributed by atoms with Gasteiger partial charge in [-0.25, -0.2) is 0 Å². The van der Waals surface area contributed by atoms with Crippen molar-refractivity contribution in [1.29, 1.82) is 5.26 Å². The van der Waals surface area contributed by atoms with Crippen LogP contribution in [0.3, 0.4) is 0 Å². The second kappa shape index (κ2) is 6.84. The highest BCUT2D eigenvalue weighted by Gasteiger charge is 2.20. The number of hydrogen-bond acceptors (Lipinski definition) is 4. The van der Waals surface area contributed by atoms with Gasteiger partial charge in [-0.2, -0.15) is 5.26 Å². The summed E-state index contributed by atoms with van der Waals surface area (Å²) in [4.78, 5) is 13.3. The van der Waals surface area contributed by atoms with Crippen LogP contribution in [-0.4, -0.2) is 5.91 Å². The van der Waals surface area contributed by atoms with Crippen molar-refractivity contribution in [3.63, 3.8) is 0 Å². The SMILES string of the molecule is Cc1ccc(C=CC(=O)Nc2sc3c(c2C#N)CCCCC3)o1. The van der Waals surface area contributed by atoms with Crippen LogP contribution in [0, 0.1) is 18.3 Å². The summed E-state index contributed by atoms with van der Waals surface area (Å²) >= 11 is 1.54. The Hall–Kier alpha value is -2.32. The van der Waals surface area contributed by atoms with Crippen molar-refractivity contribution in [2.24, 2.45) is 0 Å². The highest BCUT2D eigenvalue weighted by atomic mass is 32.1. The molecule has 0 unspecified atom stereocenters. The number of furan rings is 1. The first-order valence-corrected chi connectivity index (χ1v) is 8.59. The molecule has 2 aromatic rings. The monoisotopic (exact) mass is 326 g/mol. The van der Waals surface area contributed by atoms with Gasteiger partial charge in [0.1, 0.15) is 22.6 Å². The summed E-state index contributed by atoms with van der Waals surface area (Å²) in [6.07, 6.45) is 8.49. The molecule has 2 heterocycles. The molecule has 0 atom stereocenters. The van der Waals surface area contributed by atoms with Crippen LogP contribution in [0.15, 0.2) is 22.6 Å². The van der Waals surface area contributed by atoms with Gasteiger partial charge in [0.05, 0.1) is 5.56 Å². The van der Waals surface area contributed by atoms with Crippen molar-refractivity contribution >= 4 is 28.3 Å². The zero-order valence-electron chi connectivity index (χ0n) is 13.0. The van der Waals surface area contributed by atoms with E-state index in [1.807, 2.05) is 19.1 Å². The lowest BCUT2D eigenvalue weighted by molar-refractivity contribution is -0.111. The van der Waals surface area contributed by atoms with Gasteiger partial charge in [0.25, 0.3) is 0 Å². The van der Waals surface area contributed by atoms with Crippen LogP contribution in [0.4, 0.5) is 5.00 Å². The molecule has 118 valence electrons. The molecule has 0 fully saturated rings. The highest BCUT2D eigenvalue weighted by molar-refractivity contribution is 7.16. The second-order valence-electron chi connectivity index (χ2n) is 5.65. The third-order valence-electron chi connectivity index (χ3n) is 3.93. The summed E-state index contributed by atoms with van der Waals surface area (Å²) < 4.78 is 5.39. The van der Waals surface area contributed by atoms with E-state index in [4.69, 9.17) is 4.42 Å². The van der Waals surface area contributed by atoms with Crippen molar-refractivity contribution in [2.45, 2.75) is 39.0 Å². The molecule has 1 amide bonds. The van der Waals surface area contributed by atoms with Crippen LogP contribution in [0.1, 0.15) is 46.8 Å². The quantitative estimate of drug-likeness (QED) is 0.669. The molecule has 0 aliphatic heterocycles. The van der Waals surface area contributed by atoms with E-state index in [0.29, 0.717) is 16.3 Å². The molecule has 0 aromatic carbocycles. The molecule has 23 heavy (non-hydrogen) atoms. The topological polar surface area (TPSA) is 66.0 Å². The maximum absolute atomic E-state index is 12.1. The van der Waals surface area contributed by atoms with Crippen molar-refractivity contribution < 1.29 is 9.21 Å². The van der Waals surface area contributed by atoms with Crippen molar-refractivity contribution in [2.75, 3.05) is 5.32 Å². The van der Waals surface area contributed by atoms with E-state index in [0.717, 1.165) is 37.0 Å². The standard InChI is InChI=1S/C18H18N2O2S/c1-12-7-8-13(22-12)9-10-17(21)20-18-15(11-19)14-5-3-2-4-6-16(14)23-18/h7-10H,2-6H2,1H3,(H,20,21). The molecule has 1 aliphatic rings. The molecule has 0 spiro atoms. The number of amides is 1. The van der Waals surface area contributed by atoms with Gasteiger partial charge in [0.2, 0.25) is 5.91 Å². The Bertz CT molecular complexity index is 793. The maximum atomic E-state index is 12.1. The minimum atomic E-state index is -0.244. The minimum absolute atomic E-state index is 0.244. The van der Waals surface area contributed by atoms with E-state index in [1.54, 1.807) is 17.4 Å². The van der Waals surface area contributed by atoms with Crippen LogP contribution in [0.25, 0.3) is 6.08 Å². The number of nitriles is 1. The van der Waals surface area contributed by atoms with Gasteiger partial charge in [-0.1, -0.05) is 6.42 Å². The van der Waals surface area contributed by atoms with Gasteiger partial charge in [-0.15, -0.1) is 11.3 Å². The second-order valence-corrected chi connectivity index (χ2v) is 6.76. The molecule has 0 saturated carbocycles. The highest BCUT2D eigenvalue weighted by Crippen LogP contribution is 2.36. The number of carbonyl (C=O) groups is 1. The summed E-state index contributed by atoms with van der Waals surface area (Å²) in [5, 5.41) is 13.0. The summed E-state index contributed by atoms with van der Waals surface area (Å²) in [5.74, 6) is 1.20. The summed E-state index contributed by atoms with van der Waals surface area (Å²) in [5.41, 5.74) is 1.78. The largest absolute Gasteiger partial charge is 0.462 e. The van der Waals surface area contributed by atoms with E-state index in [1.165, 1.54) is 17.4 Å². The average molecular weight is 326 g/mol. The third kappa shape index (κ3) is 3.54. The van der Waals surface area contributed by atoms with E-state index in [2.05, 4.69) is 11.4 Å². The van der Waals surface area contributed by atoms with Gasteiger partial charge in [0, 0.05) is 11.0 Å². The first kappa shape index (κ1) is 15.6. The molecule has 0 radical (unpaired) electrons. The Morgan fingerprint density at radius 2 is 2.17 bits per heavy atom. The number of rotatable bonds is 3. The molecule has 0 bridgehead atoms. The number of nitrogens with one attached hydrogen (secondary N) is 1. The number of fused-ring (bicyclic) bond motifs is 1. The predicted molar refractivity (Wildman–Crippen MR) is 91.4 cm³/mol. The smallest absolute Gasteiger partial charge is 0.249 e. The molecular formula is C18H18N2O2S. The molecule has 1 aliphatic carbocycles. The fourth-order valence-corrected chi connectivity index (χ4v) is 4.05. The number of hydrogen-bond donors (Lipinski definition) is 1. The van der Waals surface area contributed by atoms with Gasteiger partial charge in [0.15, 0.2) is 0 Å². The lowest BCUT2D eigenvalue weighted by Crippen LogP contribution is -2.07. The number of thiophene rings is 1. The average Bonchev–Trinajstić information content (AvgIpc) is 3.01. The van der Waals surface area contributed by atoms with Gasteiger partial charge < -0.3 is 9.73 Å². The molecular weight excluding hydrogens is 308 g/mol. The van der Waals surface area contributed by atoms with E-state index in [-0.39, 0.29) is 5.91 Å². The van der Waals surface area contributed by atoms with Gasteiger partial charge in [-0.05, 0) is 56.4 Å². The summed E-state index contributed by atoms with van der Waals surface area (Å²) in [7, 11) is 0. The maximum Gasteiger partial charge on any atom is 0.249 e. The third-order valence-corrected chi connectivity index (χ3v) is 5.14. The number of carbonyl (C=O) groups excluding carboxylic acids is 1.